The maximum Gasteiger partial charge on any atom is 0.0222 e. The highest BCUT2D eigenvalue weighted by Crippen LogP contribution is 1.73. The van der Waals surface area contributed by atoms with Crippen molar-refractivity contribution in [2.24, 2.45) is 0 Å². The van der Waals surface area contributed by atoms with E-state index in [2.05, 4.69) is 17.2 Å². The summed E-state index contributed by atoms with van der Waals surface area (Å²) in [6, 6.07) is 1.12. The summed E-state index contributed by atoms with van der Waals surface area (Å²) in [5, 5.41) is 0. The molecular formula is C3H7Br3Si-3. The van der Waals surface area contributed by atoms with Crippen molar-refractivity contribution in [1.82, 2.24) is 0 Å². The topological polar surface area (TPSA) is 0 Å². The smallest absolute Gasteiger partial charge is 0.0222 e. The van der Waals surface area contributed by atoms with Gasteiger partial charge in [0, 0.05) is 10.2 Å². The Kier molecular flexibility index (Phi) is 84.8. The number of rotatable bonds is 1. The van der Waals surface area contributed by atoms with Gasteiger partial charge in [-0.15, -0.1) is 0 Å². The summed E-state index contributed by atoms with van der Waals surface area (Å²) in [5.74, 6) is 0. The van der Waals surface area contributed by atoms with Crippen LogP contribution in [0.3, 0.4) is 0 Å². The van der Waals surface area contributed by atoms with Crippen LogP contribution in [0.15, 0.2) is 0 Å². The molecule has 47 valence electrons. The second-order valence-corrected chi connectivity index (χ2v) is 1.25. The lowest BCUT2D eigenvalue weighted by atomic mass is 10.6. The fourth-order valence-corrected chi connectivity index (χ4v) is 0. The molecule has 0 bridgehead atoms. The third-order valence-electron chi connectivity index (χ3n) is 0.250. The van der Waals surface area contributed by atoms with Crippen molar-refractivity contribution in [3.63, 3.8) is 0 Å². The van der Waals surface area contributed by atoms with Crippen molar-refractivity contribution >= 4 is 10.2 Å². The Hall–Kier alpha value is 1.66. The van der Waals surface area contributed by atoms with E-state index in [-0.39, 0.29) is 50.9 Å². The minimum absolute atomic E-state index is 0. The maximum atomic E-state index is 3.29. The summed E-state index contributed by atoms with van der Waals surface area (Å²) >= 11 is 0. The van der Waals surface area contributed by atoms with Crippen LogP contribution in [0.25, 0.3) is 0 Å². The molecule has 3 radical (unpaired) electrons. The van der Waals surface area contributed by atoms with E-state index in [0.29, 0.717) is 0 Å². The second kappa shape index (κ2) is 25.4. The molecule has 0 rings (SSSR count). The van der Waals surface area contributed by atoms with Gasteiger partial charge in [-0.1, -0.05) is 19.4 Å². The Balaban J connectivity index is -0.0000000150. The van der Waals surface area contributed by atoms with Gasteiger partial charge in [-0.2, -0.15) is 0 Å². The van der Waals surface area contributed by atoms with Crippen molar-refractivity contribution in [3.8, 4) is 0 Å². The van der Waals surface area contributed by atoms with E-state index in [1.807, 2.05) is 0 Å². The molecule has 0 aliphatic rings. The van der Waals surface area contributed by atoms with Gasteiger partial charge in [0.05, 0.1) is 0 Å². The van der Waals surface area contributed by atoms with Gasteiger partial charge in [0.25, 0.3) is 0 Å². The van der Waals surface area contributed by atoms with Crippen LogP contribution in [0.4, 0.5) is 0 Å². The molecule has 0 unspecified atom stereocenters. The van der Waals surface area contributed by atoms with Crippen LogP contribution in [-0.2, 0) is 0 Å². The third kappa shape index (κ3) is 34.7. The number of hydrogen-bond donors (Lipinski definition) is 0. The van der Waals surface area contributed by atoms with Crippen LogP contribution in [0, 0.1) is 0 Å². The van der Waals surface area contributed by atoms with Crippen molar-refractivity contribution < 1.29 is 50.9 Å². The first-order valence-corrected chi connectivity index (χ1v) is 2.27. The predicted octanol–water partition coefficient (Wildman–Crippen LogP) is -8.00. The highest BCUT2D eigenvalue weighted by atomic mass is 79.9. The summed E-state index contributed by atoms with van der Waals surface area (Å²) in [4.78, 5) is 0. The fraction of sp³-hybridized carbons (Fsp3) is 1.00. The molecule has 4 heteroatoms. The normalized spacial score (nSPS) is 4.29. The van der Waals surface area contributed by atoms with Gasteiger partial charge >= 0.3 is 0 Å². The Bertz CT molecular complexity index is 12.1. The van der Waals surface area contributed by atoms with Gasteiger partial charge in [0.2, 0.25) is 0 Å². The Morgan fingerprint density at radius 2 is 1.29 bits per heavy atom. The first-order chi connectivity index (χ1) is 1.91. The maximum absolute atomic E-state index is 3.29. The number of hydrogen-bond acceptors (Lipinski definition) is 0. The molecular weight excluding hydrogens is 304 g/mol. The van der Waals surface area contributed by atoms with Crippen LogP contribution in [0.1, 0.15) is 13.3 Å². The van der Waals surface area contributed by atoms with Gasteiger partial charge in [-0.25, -0.2) is 0 Å². The Labute approximate surface area is 80.2 Å². The highest BCUT2D eigenvalue weighted by Gasteiger charge is 1.57. The van der Waals surface area contributed by atoms with E-state index < -0.39 is 0 Å². The van der Waals surface area contributed by atoms with E-state index >= 15 is 0 Å². The lowest BCUT2D eigenvalue weighted by Gasteiger charge is -1.67. The average molecular weight is 311 g/mol. The lowest BCUT2D eigenvalue weighted by molar-refractivity contribution is -0.00100. The SMILES string of the molecule is CCC[Si].[Br-].[Br-].[Br-]. The zero-order valence-electron chi connectivity index (χ0n) is 4.05. The van der Waals surface area contributed by atoms with Gasteiger partial charge in [-0.3, -0.25) is 0 Å². The zero-order chi connectivity index (χ0) is 3.41. The van der Waals surface area contributed by atoms with Crippen molar-refractivity contribution in [2.45, 2.75) is 19.4 Å². The van der Waals surface area contributed by atoms with E-state index in [0.717, 1.165) is 6.04 Å². The minimum Gasteiger partial charge on any atom is -1.00 e. The van der Waals surface area contributed by atoms with Crippen molar-refractivity contribution in [2.75, 3.05) is 0 Å². The molecule has 0 amide bonds. The molecule has 0 aromatic carbocycles. The van der Waals surface area contributed by atoms with Crippen LogP contribution in [0.2, 0.25) is 6.04 Å². The lowest BCUT2D eigenvalue weighted by Crippen LogP contribution is -3.00. The summed E-state index contributed by atoms with van der Waals surface area (Å²) < 4.78 is 0. The molecule has 0 aromatic heterocycles. The third-order valence-corrected chi connectivity index (χ3v) is 0.750. The molecule has 0 aliphatic carbocycles. The Morgan fingerprint density at radius 1 is 1.14 bits per heavy atom. The van der Waals surface area contributed by atoms with E-state index in [9.17, 15) is 0 Å². The molecule has 0 aromatic rings. The first kappa shape index (κ1) is 23.4. The van der Waals surface area contributed by atoms with Crippen molar-refractivity contribution in [1.29, 1.82) is 0 Å². The molecule has 0 N–H and O–H groups in total. The predicted molar refractivity (Wildman–Crippen MR) is 20.9 cm³/mol. The van der Waals surface area contributed by atoms with Gasteiger partial charge in [0.15, 0.2) is 0 Å². The largest absolute Gasteiger partial charge is 1.00 e. The van der Waals surface area contributed by atoms with Gasteiger partial charge < -0.3 is 50.9 Å². The highest BCUT2D eigenvalue weighted by molar-refractivity contribution is 6.08. The van der Waals surface area contributed by atoms with E-state index in [4.69, 9.17) is 0 Å². The van der Waals surface area contributed by atoms with Crippen LogP contribution in [0.5, 0.6) is 0 Å². The molecule has 0 saturated heterocycles. The number of halogens is 3. The van der Waals surface area contributed by atoms with Crippen molar-refractivity contribution in [3.05, 3.63) is 0 Å². The summed E-state index contributed by atoms with van der Waals surface area (Å²) in [6.45, 7) is 2.13. The van der Waals surface area contributed by atoms with Gasteiger partial charge in [0.1, 0.15) is 0 Å². The summed E-state index contributed by atoms with van der Waals surface area (Å²) in [7, 11) is 3.29. The molecule has 0 heterocycles. The first-order valence-electron chi connectivity index (χ1n) is 1.56. The zero-order valence-corrected chi connectivity index (χ0v) is 9.81. The van der Waals surface area contributed by atoms with Crippen LogP contribution < -0.4 is 50.9 Å². The monoisotopic (exact) mass is 308 g/mol. The quantitative estimate of drug-likeness (QED) is 0.422. The van der Waals surface area contributed by atoms with Crippen LogP contribution in [-0.4, -0.2) is 10.2 Å². The summed E-state index contributed by atoms with van der Waals surface area (Å²) in [6.07, 6.45) is 1.23. The van der Waals surface area contributed by atoms with Gasteiger partial charge in [-0.05, 0) is 0 Å². The second-order valence-electron chi connectivity index (χ2n) is 0.750. The fourth-order valence-electron chi connectivity index (χ4n) is 0. The van der Waals surface area contributed by atoms with Crippen LogP contribution >= 0.6 is 0 Å². The molecule has 0 atom stereocenters. The summed E-state index contributed by atoms with van der Waals surface area (Å²) in [5.41, 5.74) is 0. The average Bonchev–Trinajstić information content (AvgIpc) is 1.37. The molecule has 0 saturated carbocycles. The Morgan fingerprint density at radius 3 is 1.29 bits per heavy atom. The molecule has 7 heavy (non-hydrogen) atoms. The molecule has 0 spiro atoms. The minimum atomic E-state index is 0. The van der Waals surface area contributed by atoms with E-state index in [1.54, 1.807) is 0 Å². The standard InChI is InChI=1S/C3H7Si.3BrH/c1-2-3-4;;;/h2-3H2,1H3;3*1H/p-3. The molecule has 0 fully saturated rings. The molecule has 0 nitrogen and oxygen atoms in total. The molecule has 0 aliphatic heterocycles. The van der Waals surface area contributed by atoms with E-state index in [1.165, 1.54) is 6.42 Å².